The molecule has 5 nitrogen and oxygen atoms in total. The first-order chi connectivity index (χ1) is 13.5. The molecular weight excluding hydrogens is 375 g/mol. The molecule has 0 saturated heterocycles. The van der Waals surface area contributed by atoms with Crippen LogP contribution in [-0.4, -0.2) is 30.6 Å². The van der Waals surface area contributed by atoms with Gasteiger partial charge in [-0.25, -0.2) is 9.37 Å². The van der Waals surface area contributed by atoms with Crippen LogP contribution in [0.2, 0.25) is 0 Å². The van der Waals surface area contributed by atoms with E-state index in [0.29, 0.717) is 24.8 Å². The number of ether oxygens (including phenoxy) is 1. The lowest BCUT2D eigenvalue weighted by atomic mass is 10.1. The monoisotopic (exact) mass is 404 g/mol. The fraction of sp³-hybridized carbons (Fsp3) is 0.524. The van der Waals surface area contributed by atoms with Crippen molar-refractivity contribution >= 4 is 17.3 Å². The van der Waals surface area contributed by atoms with Crippen LogP contribution in [0.15, 0.2) is 28.6 Å². The first-order valence-electron chi connectivity index (χ1n) is 9.93. The SMILES string of the molecule is CCNC(=NCCc1csc(C)n1)NC(C)c1ccc(OCC2CC2)c(F)c1. The number of aromatic nitrogens is 1. The van der Waals surface area contributed by atoms with E-state index in [1.165, 1.54) is 12.8 Å². The molecule has 152 valence electrons. The van der Waals surface area contributed by atoms with Crippen LogP contribution in [0.4, 0.5) is 4.39 Å². The Balaban J connectivity index is 1.56. The summed E-state index contributed by atoms with van der Waals surface area (Å²) in [5.41, 5.74) is 1.93. The predicted octanol–water partition coefficient (Wildman–Crippen LogP) is 4.24. The molecule has 0 aliphatic heterocycles. The standard InChI is InChI=1S/C21H29FN4OS/c1-4-23-21(24-10-9-18-13-28-15(3)26-18)25-14(2)17-7-8-20(19(22)11-17)27-12-16-5-6-16/h7-8,11,13-14,16H,4-6,9-10,12H2,1-3H3,(H2,23,24,25). The number of hydrogen-bond donors (Lipinski definition) is 2. The highest BCUT2D eigenvalue weighted by Gasteiger charge is 2.22. The smallest absolute Gasteiger partial charge is 0.191 e. The number of thiazole rings is 1. The van der Waals surface area contributed by atoms with Gasteiger partial charge in [0.2, 0.25) is 0 Å². The Labute approximate surface area is 170 Å². The van der Waals surface area contributed by atoms with Crippen LogP contribution >= 0.6 is 11.3 Å². The average molecular weight is 405 g/mol. The van der Waals surface area contributed by atoms with E-state index in [9.17, 15) is 4.39 Å². The van der Waals surface area contributed by atoms with Gasteiger partial charge in [0.25, 0.3) is 0 Å². The van der Waals surface area contributed by atoms with Crippen molar-refractivity contribution in [3.8, 4) is 5.75 Å². The third-order valence-corrected chi connectivity index (χ3v) is 5.45. The van der Waals surface area contributed by atoms with Crippen molar-refractivity contribution in [2.75, 3.05) is 19.7 Å². The molecule has 1 atom stereocenters. The van der Waals surface area contributed by atoms with E-state index >= 15 is 0 Å². The third-order valence-electron chi connectivity index (χ3n) is 4.63. The molecule has 1 aliphatic rings. The van der Waals surface area contributed by atoms with Gasteiger partial charge in [0.15, 0.2) is 17.5 Å². The number of nitrogens with zero attached hydrogens (tertiary/aromatic N) is 2. The van der Waals surface area contributed by atoms with Gasteiger partial charge in [-0.15, -0.1) is 11.3 Å². The molecule has 1 aromatic carbocycles. The molecule has 1 unspecified atom stereocenters. The quantitative estimate of drug-likeness (QED) is 0.485. The van der Waals surface area contributed by atoms with Crippen LogP contribution in [0.25, 0.3) is 0 Å². The number of nitrogens with one attached hydrogen (secondary N) is 2. The summed E-state index contributed by atoms with van der Waals surface area (Å²) in [7, 11) is 0. The normalized spacial score (nSPS) is 15.4. The van der Waals surface area contributed by atoms with E-state index in [1.54, 1.807) is 23.5 Å². The molecule has 3 rings (SSSR count). The lowest BCUT2D eigenvalue weighted by molar-refractivity contribution is 0.285. The maximum atomic E-state index is 14.4. The topological polar surface area (TPSA) is 58.5 Å². The zero-order valence-corrected chi connectivity index (χ0v) is 17.6. The second kappa shape index (κ2) is 9.87. The molecule has 1 aliphatic carbocycles. The Kier molecular flexibility index (Phi) is 7.25. The summed E-state index contributed by atoms with van der Waals surface area (Å²) < 4.78 is 19.9. The third kappa shape index (κ3) is 6.19. The van der Waals surface area contributed by atoms with Crippen molar-refractivity contribution < 1.29 is 9.13 Å². The van der Waals surface area contributed by atoms with E-state index in [4.69, 9.17) is 4.74 Å². The van der Waals surface area contributed by atoms with E-state index in [0.717, 1.165) is 35.2 Å². The average Bonchev–Trinajstić information content (AvgIpc) is 3.41. The van der Waals surface area contributed by atoms with Gasteiger partial charge >= 0.3 is 0 Å². The number of benzene rings is 1. The van der Waals surface area contributed by atoms with Crippen molar-refractivity contribution in [1.29, 1.82) is 0 Å². The summed E-state index contributed by atoms with van der Waals surface area (Å²) in [5, 5.41) is 9.74. The second-order valence-corrected chi connectivity index (χ2v) is 8.24. The number of halogens is 1. The van der Waals surface area contributed by atoms with Crippen LogP contribution in [-0.2, 0) is 6.42 Å². The van der Waals surface area contributed by atoms with Gasteiger partial charge in [-0.3, -0.25) is 4.99 Å². The summed E-state index contributed by atoms with van der Waals surface area (Å²) in [5.74, 6) is 1.35. The van der Waals surface area contributed by atoms with Crippen molar-refractivity contribution in [3.63, 3.8) is 0 Å². The van der Waals surface area contributed by atoms with Crippen molar-refractivity contribution in [2.45, 2.75) is 46.1 Å². The molecule has 0 amide bonds. The molecule has 0 spiro atoms. The molecule has 0 bridgehead atoms. The number of hydrogen-bond acceptors (Lipinski definition) is 4. The molecule has 0 radical (unpaired) electrons. The van der Waals surface area contributed by atoms with E-state index < -0.39 is 0 Å². The lowest BCUT2D eigenvalue weighted by Gasteiger charge is -2.19. The Morgan fingerprint density at radius 3 is 2.89 bits per heavy atom. The van der Waals surface area contributed by atoms with Crippen LogP contribution < -0.4 is 15.4 Å². The number of aryl methyl sites for hydroxylation is 1. The van der Waals surface area contributed by atoms with Crippen molar-refractivity contribution in [2.24, 2.45) is 10.9 Å². The van der Waals surface area contributed by atoms with Crippen molar-refractivity contribution in [1.82, 2.24) is 15.6 Å². The summed E-state index contributed by atoms with van der Waals surface area (Å²) in [6.07, 6.45) is 3.18. The second-order valence-electron chi connectivity index (χ2n) is 7.18. The molecule has 28 heavy (non-hydrogen) atoms. The zero-order chi connectivity index (χ0) is 19.9. The van der Waals surface area contributed by atoms with E-state index in [1.807, 2.05) is 26.8 Å². The van der Waals surface area contributed by atoms with Gasteiger partial charge in [-0.05, 0) is 57.2 Å². The van der Waals surface area contributed by atoms with E-state index in [2.05, 4.69) is 26.0 Å². The van der Waals surface area contributed by atoms with Crippen LogP contribution in [0.3, 0.4) is 0 Å². The minimum Gasteiger partial charge on any atom is -0.490 e. The molecule has 1 aromatic heterocycles. The maximum Gasteiger partial charge on any atom is 0.191 e. The highest BCUT2D eigenvalue weighted by molar-refractivity contribution is 7.09. The van der Waals surface area contributed by atoms with Crippen LogP contribution in [0.1, 0.15) is 49.0 Å². The first kappa shape index (κ1) is 20.6. The summed E-state index contributed by atoms with van der Waals surface area (Å²) >= 11 is 1.66. The molecule has 1 fully saturated rings. The van der Waals surface area contributed by atoms with Gasteiger partial charge in [0.05, 0.1) is 23.4 Å². The zero-order valence-electron chi connectivity index (χ0n) is 16.8. The molecule has 1 saturated carbocycles. The highest BCUT2D eigenvalue weighted by atomic mass is 32.1. The Morgan fingerprint density at radius 2 is 2.25 bits per heavy atom. The molecule has 2 N–H and O–H groups in total. The van der Waals surface area contributed by atoms with Crippen LogP contribution in [0.5, 0.6) is 5.75 Å². The number of guanidine groups is 1. The van der Waals surface area contributed by atoms with Gasteiger partial charge < -0.3 is 15.4 Å². The largest absolute Gasteiger partial charge is 0.490 e. The minimum absolute atomic E-state index is 0.0775. The summed E-state index contributed by atoms with van der Waals surface area (Å²) in [4.78, 5) is 9.08. The lowest BCUT2D eigenvalue weighted by Crippen LogP contribution is -2.38. The van der Waals surface area contributed by atoms with Gasteiger partial charge in [0, 0.05) is 24.9 Å². The first-order valence-corrected chi connectivity index (χ1v) is 10.8. The van der Waals surface area contributed by atoms with Gasteiger partial charge in [-0.2, -0.15) is 0 Å². The highest BCUT2D eigenvalue weighted by Crippen LogP contribution is 2.30. The van der Waals surface area contributed by atoms with Gasteiger partial charge in [-0.1, -0.05) is 6.07 Å². The fourth-order valence-corrected chi connectivity index (χ4v) is 3.46. The predicted molar refractivity (Wildman–Crippen MR) is 113 cm³/mol. The van der Waals surface area contributed by atoms with E-state index in [-0.39, 0.29) is 11.9 Å². The number of aliphatic imine (C=N–C) groups is 1. The van der Waals surface area contributed by atoms with Crippen LogP contribution in [0, 0.1) is 18.7 Å². The van der Waals surface area contributed by atoms with Gasteiger partial charge in [0.1, 0.15) is 0 Å². The maximum absolute atomic E-state index is 14.4. The Morgan fingerprint density at radius 1 is 1.43 bits per heavy atom. The summed E-state index contributed by atoms with van der Waals surface area (Å²) in [6.45, 7) is 8.05. The molecule has 1 heterocycles. The summed E-state index contributed by atoms with van der Waals surface area (Å²) in [6, 6.07) is 5.10. The fourth-order valence-electron chi connectivity index (χ4n) is 2.81. The Bertz CT molecular complexity index is 803. The molecular formula is C21H29FN4OS. The molecule has 2 aromatic rings. The molecule has 7 heteroatoms. The van der Waals surface area contributed by atoms with Crippen molar-refractivity contribution in [3.05, 3.63) is 45.7 Å². The number of rotatable bonds is 9. The Hall–Kier alpha value is -2.15. The minimum atomic E-state index is -0.312.